The van der Waals surface area contributed by atoms with Crippen LogP contribution in [0, 0.1) is 0 Å². The Labute approximate surface area is 48.4 Å². The fourth-order valence-corrected chi connectivity index (χ4v) is 0. The second-order valence-electron chi connectivity index (χ2n) is 0.448. The third-order valence-electron chi connectivity index (χ3n) is 0. The maximum absolute atomic E-state index is 8.82. The molecule has 0 unspecified atom stereocenters. The van der Waals surface area contributed by atoms with E-state index in [0.717, 1.165) is 0 Å². The number of rotatable bonds is 0. The molecule has 0 saturated carbocycles. The molecule has 0 saturated heterocycles. The van der Waals surface area contributed by atoms with Gasteiger partial charge < -0.3 is 0 Å². The molecule has 0 spiro atoms. The van der Waals surface area contributed by atoms with E-state index in [0.29, 0.717) is 0 Å². The summed E-state index contributed by atoms with van der Waals surface area (Å²) in [6.45, 7) is 0. The summed E-state index contributed by atoms with van der Waals surface area (Å²) in [7, 11) is 0. The second-order valence-corrected chi connectivity index (χ2v) is 1.85. The summed E-state index contributed by atoms with van der Waals surface area (Å²) in [5.41, 5.74) is 0. The molecule has 0 bridgehead atoms. The summed E-state index contributed by atoms with van der Waals surface area (Å²) in [4.78, 5) is 0. The van der Waals surface area contributed by atoms with E-state index in [1.54, 1.807) is 0 Å². The van der Waals surface area contributed by atoms with Gasteiger partial charge in [-0.05, 0) is 0 Å². The second kappa shape index (κ2) is 2.75. The van der Waals surface area contributed by atoms with Crippen LogP contribution in [0.1, 0.15) is 0 Å². The van der Waals surface area contributed by atoms with E-state index in [4.69, 9.17) is 15.9 Å². The first-order valence-electron chi connectivity index (χ1n) is 0.698. The van der Waals surface area contributed by atoms with Gasteiger partial charge in [-0.2, -0.15) is 0 Å². The Morgan fingerprint density at radius 3 is 1.17 bits per heavy atom. The molecule has 0 aliphatic carbocycles. The first kappa shape index (κ1) is 9.81. The number of hydrogen-bond acceptors (Lipinski definition) is 2. The molecule has 0 atom stereocenters. The van der Waals surface area contributed by atoms with Crippen molar-refractivity contribution < 1.29 is 48.1 Å². The van der Waals surface area contributed by atoms with Crippen LogP contribution < -0.4 is 0 Å². The van der Waals surface area contributed by atoms with Crippen molar-refractivity contribution in [3.63, 3.8) is 0 Å². The van der Waals surface area contributed by atoms with Gasteiger partial charge in [0.2, 0.25) is 0 Å². The average molecular weight is 169 g/mol. The summed E-state index contributed by atoms with van der Waals surface area (Å²) in [5.74, 6) is 0. The summed E-state index contributed by atoms with van der Waals surface area (Å²) in [6, 6.07) is 0. The van der Waals surface area contributed by atoms with E-state index in [-0.39, 0.29) is 18.6 Å². The van der Waals surface area contributed by atoms with Crippen LogP contribution in [-0.2, 0) is 39.8 Å². The quantitative estimate of drug-likeness (QED) is 0.469. The zero-order valence-corrected chi connectivity index (χ0v) is 5.24. The van der Waals surface area contributed by atoms with Crippen molar-refractivity contribution in [1.29, 1.82) is 0 Å². The van der Waals surface area contributed by atoms with Crippen molar-refractivity contribution >= 4 is 0 Å². The fraction of sp³-hybridized carbons (Fsp3) is 0. The molecule has 37 valence electrons. The Kier molecular flexibility index (Phi) is 4.50. The van der Waals surface area contributed by atoms with Crippen LogP contribution in [0.15, 0.2) is 0 Å². The van der Waals surface area contributed by atoms with Crippen LogP contribution in [0.3, 0.4) is 0 Å². The maximum atomic E-state index is 8.82. The molecule has 0 rings (SSSR count). The van der Waals surface area contributed by atoms with E-state index in [1.165, 1.54) is 0 Å². The molecular weight excluding hydrogens is 167 g/mol. The SMILES string of the molecule is [O]=[Cr](=[O])([OH])[OH].[V]. The van der Waals surface area contributed by atoms with Crippen molar-refractivity contribution in [3.05, 3.63) is 0 Å². The predicted molar refractivity (Wildman–Crippen MR) is 5.81 cm³/mol. The topological polar surface area (TPSA) is 74.6 Å². The van der Waals surface area contributed by atoms with Gasteiger partial charge in [-0.15, -0.1) is 0 Å². The van der Waals surface area contributed by atoms with Gasteiger partial charge in [-0.3, -0.25) is 0 Å². The van der Waals surface area contributed by atoms with Crippen LogP contribution >= 0.6 is 0 Å². The molecule has 4 nitrogen and oxygen atoms in total. The fourth-order valence-electron chi connectivity index (χ4n) is 0. The molecule has 1 radical (unpaired) electrons. The van der Waals surface area contributed by atoms with Gasteiger partial charge >= 0.3 is 29.5 Å². The van der Waals surface area contributed by atoms with Gasteiger partial charge in [0.05, 0.1) is 0 Å². The van der Waals surface area contributed by atoms with Gasteiger partial charge in [0.15, 0.2) is 0 Å². The number of hydrogen-bond donors (Lipinski definition) is 2. The predicted octanol–water partition coefficient (Wildman–Crippen LogP) is -1.36. The van der Waals surface area contributed by atoms with Crippen molar-refractivity contribution in [3.8, 4) is 0 Å². The van der Waals surface area contributed by atoms with Crippen molar-refractivity contribution in [2.75, 3.05) is 0 Å². The van der Waals surface area contributed by atoms with Gasteiger partial charge in [0.1, 0.15) is 0 Å². The molecule has 0 aromatic heterocycles. The molecule has 2 N–H and O–H groups in total. The van der Waals surface area contributed by atoms with Gasteiger partial charge in [0.25, 0.3) is 0 Å². The zero-order valence-electron chi connectivity index (χ0n) is 2.57. The standard InChI is InChI=1S/Cr.2H2O.2O.V/h;2*1H2;;;/q+2;;;;;/p-2. The van der Waals surface area contributed by atoms with Gasteiger partial charge in [-0.25, -0.2) is 0 Å². The molecule has 0 aliphatic rings. The minimum Gasteiger partial charge on any atom is 0 e. The van der Waals surface area contributed by atoms with E-state index in [1.807, 2.05) is 0 Å². The van der Waals surface area contributed by atoms with E-state index in [2.05, 4.69) is 0 Å². The Hall–Kier alpha value is 0.637. The molecule has 0 fully saturated rings. The normalized spacial score (nSPS) is 9.67. The monoisotopic (exact) mass is 169 g/mol. The molecule has 0 heterocycles. The third kappa shape index (κ3) is 151. The first-order chi connectivity index (χ1) is 2.00. The molecule has 6 heteroatoms. The Bertz CT molecular complexity index is 90.7. The summed E-state index contributed by atoms with van der Waals surface area (Å²) in [5, 5.41) is 0. The molecule has 6 heavy (non-hydrogen) atoms. The maximum Gasteiger partial charge on any atom is 0 e. The van der Waals surface area contributed by atoms with E-state index in [9.17, 15) is 0 Å². The van der Waals surface area contributed by atoms with E-state index < -0.39 is 13.6 Å². The third-order valence-corrected chi connectivity index (χ3v) is 0. The summed E-state index contributed by atoms with van der Waals surface area (Å²) < 4.78 is 31.9. The first-order valence-corrected chi connectivity index (χ1v) is 2.88. The molecular formula is H2CrO4V. The van der Waals surface area contributed by atoms with Crippen LogP contribution in [-0.4, -0.2) is 8.32 Å². The molecule has 0 aromatic rings. The summed E-state index contributed by atoms with van der Waals surface area (Å²) >= 11 is -5.25. The van der Waals surface area contributed by atoms with E-state index >= 15 is 0 Å². The molecule has 0 aromatic carbocycles. The van der Waals surface area contributed by atoms with Gasteiger partial charge in [-0.1, -0.05) is 0 Å². The van der Waals surface area contributed by atoms with Crippen molar-refractivity contribution in [2.24, 2.45) is 0 Å². The Morgan fingerprint density at radius 2 is 1.17 bits per heavy atom. The van der Waals surface area contributed by atoms with Crippen LogP contribution in [0.4, 0.5) is 0 Å². The smallest absolute Gasteiger partial charge is 0 e. The average Bonchev–Trinajstić information content (AvgIpc) is 0.722. The molecule has 0 amide bonds. The Balaban J connectivity index is 0. The van der Waals surface area contributed by atoms with Crippen LogP contribution in [0.5, 0.6) is 0 Å². The van der Waals surface area contributed by atoms with Crippen LogP contribution in [0.2, 0.25) is 0 Å². The van der Waals surface area contributed by atoms with Crippen LogP contribution in [0.25, 0.3) is 0 Å². The Morgan fingerprint density at radius 1 is 1.17 bits per heavy atom. The van der Waals surface area contributed by atoms with Gasteiger partial charge in [0, 0.05) is 18.6 Å². The largest absolute Gasteiger partial charge is 0 e. The minimum absolute atomic E-state index is 0. The van der Waals surface area contributed by atoms with Crippen molar-refractivity contribution in [1.82, 2.24) is 0 Å². The summed E-state index contributed by atoms with van der Waals surface area (Å²) in [6.07, 6.45) is 0. The minimum atomic E-state index is -5.25. The zero-order chi connectivity index (χ0) is 4.50. The molecule has 0 aliphatic heterocycles. The van der Waals surface area contributed by atoms with Crippen molar-refractivity contribution in [2.45, 2.75) is 0 Å².